The fourth-order valence-corrected chi connectivity index (χ4v) is 2.77. The van der Waals surface area contributed by atoms with Crippen LogP contribution in [0, 0.1) is 11.8 Å². The maximum absolute atomic E-state index is 9.84. The molecule has 2 aliphatic rings. The average Bonchev–Trinajstić information content (AvgIpc) is 2.46. The molecule has 0 saturated carbocycles. The van der Waals surface area contributed by atoms with Crippen molar-refractivity contribution in [2.75, 3.05) is 6.61 Å². The molecule has 2 saturated heterocycles. The summed E-state index contributed by atoms with van der Waals surface area (Å²) < 4.78 is 17.3. The first kappa shape index (κ1) is 13.1. The lowest BCUT2D eigenvalue weighted by molar-refractivity contribution is -0.335. The third-order valence-electron chi connectivity index (χ3n) is 4.24. The molecule has 2 aliphatic heterocycles. The second kappa shape index (κ2) is 5.21. The van der Waals surface area contributed by atoms with Crippen molar-refractivity contribution < 1.29 is 19.3 Å². The van der Waals surface area contributed by atoms with E-state index in [1.165, 1.54) is 0 Å². The maximum atomic E-state index is 9.84. The standard InChI is InChI=1S/C15H20O4/c1-9-10(2)14(16)18-12-8-17-15(19-13(9)12)11-6-4-3-5-7-11/h3-7,9-10,12-16H,8H2,1-2H3. The predicted octanol–water partition coefficient (Wildman–Crippen LogP) is 2.09. The smallest absolute Gasteiger partial charge is 0.184 e. The monoisotopic (exact) mass is 264 g/mol. The highest BCUT2D eigenvalue weighted by Crippen LogP contribution is 2.38. The SMILES string of the molecule is CC1C(O)OC2COC(c3ccccc3)OC2C1C. The number of aliphatic hydroxyl groups is 1. The van der Waals surface area contributed by atoms with Crippen LogP contribution < -0.4 is 0 Å². The number of hydrogen-bond acceptors (Lipinski definition) is 4. The van der Waals surface area contributed by atoms with Crippen molar-refractivity contribution in [1.82, 2.24) is 0 Å². The summed E-state index contributed by atoms with van der Waals surface area (Å²) in [5.74, 6) is 0.305. The van der Waals surface area contributed by atoms with Crippen molar-refractivity contribution in [1.29, 1.82) is 0 Å². The third-order valence-corrected chi connectivity index (χ3v) is 4.24. The molecule has 4 heteroatoms. The lowest BCUT2D eigenvalue weighted by Crippen LogP contribution is -2.55. The van der Waals surface area contributed by atoms with Gasteiger partial charge < -0.3 is 19.3 Å². The molecule has 0 amide bonds. The molecule has 0 radical (unpaired) electrons. The van der Waals surface area contributed by atoms with Gasteiger partial charge in [0.25, 0.3) is 0 Å². The van der Waals surface area contributed by atoms with Gasteiger partial charge in [-0.3, -0.25) is 0 Å². The average molecular weight is 264 g/mol. The lowest BCUT2D eigenvalue weighted by atomic mass is 9.84. The summed E-state index contributed by atoms with van der Waals surface area (Å²) in [6.45, 7) is 4.54. The molecule has 2 fully saturated rings. The predicted molar refractivity (Wildman–Crippen MR) is 69.2 cm³/mol. The van der Waals surface area contributed by atoms with Crippen molar-refractivity contribution in [3.05, 3.63) is 35.9 Å². The van der Waals surface area contributed by atoms with Gasteiger partial charge in [-0.25, -0.2) is 0 Å². The first-order valence-electron chi connectivity index (χ1n) is 6.82. The molecule has 0 bridgehead atoms. The summed E-state index contributed by atoms with van der Waals surface area (Å²) in [6, 6.07) is 9.91. The minimum absolute atomic E-state index is 0.0302. The Morgan fingerprint density at radius 3 is 2.53 bits per heavy atom. The Balaban J connectivity index is 1.75. The topological polar surface area (TPSA) is 47.9 Å². The summed E-state index contributed by atoms with van der Waals surface area (Å²) >= 11 is 0. The van der Waals surface area contributed by atoms with Gasteiger partial charge >= 0.3 is 0 Å². The molecule has 6 unspecified atom stereocenters. The van der Waals surface area contributed by atoms with Crippen LogP contribution in [0.5, 0.6) is 0 Å². The minimum Gasteiger partial charge on any atom is -0.368 e. The van der Waals surface area contributed by atoms with Crippen LogP contribution in [0.3, 0.4) is 0 Å². The van der Waals surface area contributed by atoms with Gasteiger partial charge in [0, 0.05) is 11.5 Å². The van der Waals surface area contributed by atoms with E-state index in [0.29, 0.717) is 6.61 Å². The number of aliphatic hydroxyl groups excluding tert-OH is 1. The molecule has 2 heterocycles. The van der Waals surface area contributed by atoms with E-state index >= 15 is 0 Å². The van der Waals surface area contributed by atoms with E-state index < -0.39 is 6.29 Å². The van der Waals surface area contributed by atoms with Gasteiger partial charge in [0.2, 0.25) is 0 Å². The van der Waals surface area contributed by atoms with Crippen molar-refractivity contribution >= 4 is 0 Å². The minimum atomic E-state index is -0.725. The number of hydrogen-bond donors (Lipinski definition) is 1. The number of rotatable bonds is 1. The summed E-state index contributed by atoms with van der Waals surface area (Å²) in [6.07, 6.45) is -1.27. The van der Waals surface area contributed by atoms with Crippen LogP contribution in [-0.2, 0) is 14.2 Å². The molecule has 0 aliphatic carbocycles. The first-order chi connectivity index (χ1) is 9.16. The van der Waals surface area contributed by atoms with E-state index in [-0.39, 0.29) is 30.3 Å². The first-order valence-corrected chi connectivity index (χ1v) is 6.82. The van der Waals surface area contributed by atoms with Gasteiger partial charge in [0.05, 0.1) is 12.7 Å². The van der Waals surface area contributed by atoms with E-state index in [2.05, 4.69) is 6.92 Å². The molecule has 104 valence electrons. The second-order valence-electron chi connectivity index (χ2n) is 5.46. The lowest BCUT2D eigenvalue weighted by Gasteiger charge is -2.46. The van der Waals surface area contributed by atoms with Crippen LogP contribution in [0.25, 0.3) is 0 Å². The van der Waals surface area contributed by atoms with Crippen LogP contribution in [0.4, 0.5) is 0 Å². The third kappa shape index (κ3) is 2.41. The number of benzene rings is 1. The zero-order chi connectivity index (χ0) is 13.4. The molecule has 1 N–H and O–H groups in total. The van der Waals surface area contributed by atoms with Crippen LogP contribution >= 0.6 is 0 Å². The van der Waals surface area contributed by atoms with Crippen molar-refractivity contribution in [2.24, 2.45) is 11.8 Å². The fourth-order valence-electron chi connectivity index (χ4n) is 2.77. The van der Waals surface area contributed by atoms with Gasteiger partial charge in [-0.1, -0.05) is 44.2 Å². The summed E-state index contributed by atoms with van der Waals surface area (Å²) in [5.41, 5.74) is 1.02. The molecular weight excluding hydrogens is 244 g/mol. The normalized spacial score (nSPS) is 42.7. The quantitative estimate of drug-likeness (QED) is 0.843. The van der Waals surface area contributed by atoms with E-state index in [0.717, 1.165) is 5.56 Å². The summed E-state index contributed by atoms with van der Waals surface area (Å²) in [5, 5.41) is 9.84. The van der Waals surface area contributed by atoms with E-state index in [4.69, 9.17) is 14.2 Å². The van der Waals surface area contributed by atoms with E-state index in [1.807, 2.05) is 37.3 Å². The maximum Gasteiger partial charge on any atom is 0.184 e. The van der Waals surface area contributed by atoms with Crippen LogP contribution in [0.1, 0.15) is 25.7 Å². The van der Waals surface area contributed by atoms with Gasteiger partial charge in [-0.2, -0.15) is 0 Å². The largest absolute Gasteiger partial charge is 0.368 e. The molecule has 0 aromatic heterocycles. The fraction of sp³-hybridized carbons (Fsp3) is 0.600. The molecule has 19 heavy (non-hydrogen) atoms. The Morgan fingerprint density at radius 1 is 1.05 bits per heavy atom. The Morgan fingerprint density at radius 2 is 1.79 bits per heavy atom. The van der Waals surface area contributed by atoms with Gasteiger partial charge in [-0.15, -0.1) is 0 Å². The molecule has 6 atom stereocenters. The Bertz CT molecular complexity index is 419. The Hall–Kier alpha value is -0.940. The van der Waals surface area contributed by atoms with Crippen LogP contribution in [0.2, 0.25) is 0 Å². The second-order valence-corrected chi connectivity index (χ2v) is 5.46. The summed E-state index contributed by atoms with van der Waals surface area (Å²) in [7, 11) is 0. The van der Waals surface area contributed by atoms with E-state index in [1.54, 1.807) is 0 Å². The van der Waals surface area contributed by atoms with Crippen molar-refractivity contribution in [2.45, 2.75) is 38.6 Å². The van der Waals surface area contributed by atoms with Crippen LogP contribution in [0.15, 0.2) is 30.3 Å². The number of ether oxygens (including phenoxy) is 3. The van der Waals surface area contributed by atoms with Crippen molar-refractivity contribution in [3.63, 3.8) is 0 Å². The summed E-state index contributed by atoms with van der Waals surface area (Å²) in [4.78, 5) is 0. The highest BCUT2D eigenvalue weighted by atomic mass is 16.7. The van der Waals surface area contributed by atoms with Gasteiger partial charge in [-0.05, 0) is 5.92 Å². The van der Waals surface area contributed by atoms with Gasteiger partial charge in [0.1, 0.15) is 6.10 Å². The Kier molecular flexibility index (Phi) is 3.58. The molecule has 0 spiro atoms. The zero-order valence-corrected chi connectivity index (χ0v) is 11.2. The van der Waals surface area contributed by atoms with Crippen LogP contribution in [-0.4, -0.2) is 30.2 Å². The molecule has 3 rings (SSSR count). The molecule has 1 aromatic rings. The van der Waals surface area contributed by atoms with Crippen molar-refractivity contribution in [3.8, 4) is 0 Å². The highest BCUT2D eigenvalue weighted by Gasteiger charge is 2.45. The molecule has 1 aromatic carbocycles. The highest BCUT2D eigenvalue weighted by molar-refractivity contribution is 5.16. The zero-order valence-electron chi connectivity index (χ0n) is 11.2. The van der Waals surface area contributed by atoms with E-state index in [9.17, 15) is 5.11 Å². The molecule has 4 nitrogen and oxygen atoms in total. The van der Waals surface area contributed by atoms with Gasteiger partial charge in [0.15, 0.2) is 12.6 Å². The Labute approximate surface area is 113 Å². The molecular formula is C15H20O4. The number of fused-ring (bicyclic) bond motifs is 1.